The zero-order valence-corrected chi connectivity index (χ0v) is 12.2. The monoisotopic (exact) mass is 311 g/mol. The Balaban J connectivity index is 2.20. The van der Waals surface area contributed by atoms with Crippen LogP contribution in [0.1, 0.15) is 5.56 Å². The molecular formula is C13H9N7OS. The third kappa shape index (κ3) is 2.47. The maximum atomic E-state index is 12.0. The summed E-state index contributed by atoms with van der Waals surface area (Å²) in [4.78, 5) is 18.9. The Hall–Kier alpha value is -2.99. The minimum Gasteiger partial charge on any atom is -0.300 e. The van der Waals surface area contributed by atoms with Crippen molar-refractivity contribution < 1.29 is 0 Å². The normalized spacial score (nSPS) is 10.4. The molecule has 0 radical (unpaired) electrons. The number of thioether (sulfide) groups is 1. The van der Waals surface area contributed by atoms with Crippen LogP contribution in [-0.2, 0) is 0 Å². The van der Waals surface area contributed by atoms with Gasteiger partial charge < -0.3 is 4.98 Å². The number of aromatic amines is 2. The Labute approximate surface area is 128 Å². The van der Waals surface area contributed by atoms with Gasteiger partial charge in [-0.25, -0.2) is 4.98 Å². The van der Waals surface area contributed by atoms with Gasteiger partial charge in [0.25, 0.3) is 5.56 Å². The van der Waals surface area contributed by atoms with E-state index < -0.39 is 5.56 Å². The summed E-state index contributed by atoms with van der Waals surface area (Å²) in [6, 6.07) is 9.03. The molecule has 3 aromatic rings. The molecule has 0 saturated heterocycles. The molecule has 0 atom stereocenters. The highest BCUT2D eigenvalue weighted by atomic mass is 32.2. The molecule has 0 aliphatic carbocycles. The summed E-state index contributed by atoms with van der Waals surface area (Å²) in [6.45, 7) is 0. The van der Waals surface area contributed by atoms with Crippen molar-refractivity contribution in [3.05, 3.63) is 40.2 Å². The second-order valence-electron chi connectivity index (χ2n) is 4.23. The Kier molecular flexibility index (Phi) is 3.67. The largest absolute Gasteiger partial charge is 0.300 e. The van der Waals surface area contributed by atoms with Gasteiger partial charge in [-0.3, -0.25) is 4.79 Å². The molecule has 2 heterocycles. The summed E-state index contributed by atoms with van der Waals surface area (Å²) >= 11 is 1.30. The Morgan fingerprint density at radius 1 is 1.32 bits per heavy atom. The zero-order valence-electron chi connectivity index (χ0n) is 11.4. The van der Waals surface area contributed by atoms with Gasteiger partial charge in [0.15, 0.2) is 5.16 Å². The number of nitrogens with one attached hydrogen (secondary N) is 2. The maximum absolute atomic E-state index is 12.0. The van der Waals surface area contributed by atoms with Crippen LogP contribution in [0.25, 0.3) is 22.6 Å². The van der Waals surface area contributed by atoms with Crippen LogP contribution in [0.2, 0.25) is 0 Å². The number of hydrogen-bond donors (Lipinski definition) is 2. The van der Waals surface area contributed by atoms with Crippen molar-refractivity contribution in [2.24, 2.45) is 0 Å². The average Bonchev–Trinajstić information content (AvgIpc) is 3.08. The molecule has 2 aromatic heterocycles. The van der Waals surface area contributed by atoms with Crippen LogP contribution >= 0.6 is 11.8 Å². The molecule has 0 unspecified atom stereocenters. The van der Waals surface area contributed by atoms with Crippen LogP contribution < -0.4 is 5.56 Å². The summed E-state index contributed by atoms with van der Waals surface area (Å²) in [5.41, 5.74) is 1.20. The van der Waals surface area contributed by atoms with Gasteiger partial charge in [-0.1, -0.05) is 30.0 Å². The van der Waals surface area contributed by atoms with Crippen molar-refractivity contribution in [2.75, 3.05) is 6.26 Å². The molecule has 0 amide bonds. The van der Waals surface area contributed by atoms with Gasteiger partial charge in [-0.15, -0.1) is 10.2 Å². The average molecular weight is 311 g/mol. The fourth-order valence-electron chi connectivity index (χ4n) is 1.95. The Morgan fingerprint density at radius 3 is 2.82 bits per heavy atom. The smallest absolute Gasteiger partial charge is 0.270 e. The zero-order chi connectivity index (χ0) is 15.5. The van der Waals surface area contributed by atoms with E-state index in [1.807, 2.05) is 12.1 Å². The molecule has 0 spiro atoms. The fraction of sp³-hybridized carbons (Fsp3) is 0.0769. The van der Waals surface area contributed by atoms with E-state index in [2.05, 4.69) is 30.6 Å². The van der Waals surface area contributed by atoms with Crippen molar-refractivity contribution >= 4 is 11.8 Å². The van der Waals surface area contributed by atoms with Crippen molar-refractivity contribution in [2.45, 2.75) is 5.16 Å². The SMILES string of the molecule is CSc1nc(-c2cccc(-c3nn[nH]n3)c2)c(C#N)c(=O)[nH]1. The number of nitrogens with zero attached hydrogens (tertiary/aromatic N) is 5. The number of tetrazole rings is 1. The topological polar surface area (TPSA) is 124 Å². The lowest BCUT2D eigenvalue weighted by Gasteiger charge is -2.06. The van der Waals surface area contributed by atoms with Crippen LogP contribution in [0.4, 0.5) is 0 Å². The summed E-state index contributed by atoms with van der Waals surface area (Å²) in [6.07, 6.45) is 1.80. The lowest BCUT2D eigenvalue weighted by atomic mass is 10.0. The van der Waals surface area contributed by atoms with Gasteiger partial charge in [-0.2, -0.15) is 10.5 Å². The number of rotatable bonds is 3. The van der Waals surface area contributed by atoms with Gasteiger partial charge in [0, 0.05) is 11.1 Å². The van der Waals surface area contributed by atoms with Crippen LogP contribution in [0.3, 0.4) is 0 Å². The molecule has 8 nitrogen and oxygen atoms in total. The third-order valence-corrected chi connectivity index (χ3v) is 3.52. The molecular weight excluding hydrogens is 302 g/mol. The summed E-state index contributed by atoms with van der Waals surface area (Å²) in [5, 5.41) is 23.4. The standard InChI is InChI=1S/C13H9N7OS/c1-22-13-15-10(9(6-14)12(21)16-13)7-3-2-4-8(5-7)11-17-19-20-18-11/h2-5H,1H3,(H,15,16,21)(H,17,18,19,20). The van der Waals surface area contributed by atoms with E-state index in [-0.39, 0.29) is 5.56 Å². The fourth-order valence-corrected chi connectivity index (χ4v) is 2.33. The van der Waals surface area contributed by atoms with Crippen LogP contribution in [-0.4, -0.2) is 36.8 Å². The van der Waals surface area contributed by atoms with E-state index in [0.717, 1.165) is 0 Å². The molecule has 3 rings (SSSR count). The van der Waals surface area contributed by atoms with Crippen LogP contribution in [0.5, 0.6) is 0 Å². The highest BCUT2D eigenvalue weighted by Gasteiger charge is 2.14. The minimum absolute atomic E-state index is 0.0249. The lowest BCUT2D eigenvalue weighted by Crippen LogP contribution is -2.14. The first-order valence-corrected chi connectivity index (χ1v) is 7.38. The predicted octanol–water partition coefficient (Wildman–Crippen LogP) is 1.21. The van der Waals surface area contributed by atoms with E-state index in [4.69, 9.17) is 0 Å². The first-order chi connectivity index (χ1) is 10.7. The number of H-pyrrole nitrogens is 2. The van der Waals surface area contributed by atoms with Crippen molar-refractivity contribution in [3.8, 4) is 28.7 Å². The van der Waals surface area contributed by atoms with Crippen molar-refractivity contribution in [1.29, 1.82) is 5.26 Å². The second kappa shape index (κ2) is 5.79. The summed E-state index contributed by atoms with van der Waals surface area (Å²) < 4.78 is 0. The highest BCUT2D eigenvalue weighted by Crippen LogP contribution is 2.25. The first kappa shape index (κ1) is 14.0. The molecule has 9 heteroatoms. The third-order valence-electron chi connectivity index (χ3n) is 2.94. The van der Waals surface area contributed by atoms with Crippen LogP contribution in [0.15, 0.2) is 34.2 Å². The molecule has 0 aliphatic heterocycles. The molecule has 0 aliphatic rings. The van der Waals surface area contributed by atoms with E-state index in [0.29, 0.717) is 27.8 Å². The maximum Gasteiger partial charge on any atom is 0.270 e. The summed E-state index contributed by atoms with van der Waals surface area (Å²) in [7, 11) is 0. The minimum atomic E-state index is -0.457. The summed E-state index contributed by atoms with van der Waals surface area (Å²) in [5.74, 6) is 0.426. The number of hydrogen-bond acceptors (Lipinski definition) is 7. The van der Waals surface area contributed by atoms with Crippen LogP contribution in [0, 0.1) is 11.3 Å². The van der Waals surface area contributed by atoms with E-state index in [1.165, 1.54) is 11.8 Å². The van der Waals surface area contributed by atoms with Crippen molar-refractivity contribution in [3.63, 3.8) is 0 Å². The van der Waals surface area contributed by atoms with E-state index in [1.54, 1.807) is 24.5 Å². The molecule has 0 saturated carbocycles. The van der Waals surface area contributed by atoms with Gasteiger partial charge in [-0.05, 0) is 17.5 Å². The molecule has 2 N–H and O–H groups in total. The second-order valence-corrected chi connectivity index (χ2v) is 5.02. The lowest BCUT2D eigenvalue weighted by molar-refractivity contribution is 0.881. The van der Waals surface area contributed by atoms with E-state index >= 15 is 0 Å². The molecule has 22 heavy (non-hydrogen) atoms. The van der Waals surface area contributed by atoms with Gasteiger partial charge in [0.1, 0.15) is 11.6 Å². The van der Waals surface area contributed by atoms with Gasteiger partial charge in [0.05, 0.1) is 5.69 Å². The molecule has 1 aromatic carbocycles. The number of benzene rings is 1. The predicted molar refractivity (Wildman–Crippen MR) is 80.0 cm³/mol. The number of nitriles is 1. The first-order valence-electron chi connectivity index (χ1n) is 6.15. The van der Waals surface area contributed by atoms with Gasteiger partial charge >= 0.3 is 0 Å². The quantitative estimate of drug-likeness (QED) is 0.550. The highest BCUT2D eigenvalue weighted by molar-refractivity contribution is 7.98. The Bertz CT molecular complexity index is 911. The van der Waals surface area contributed by atoms with Gasteiger partial charge in [0.2, 0.25) is 5.82 Å². The number of aromatic nitrogens is 6. The van der Waals surface area contributed by atoms with Crippen molar-refractivity contribution in [1.82, 2.24) is 30.6 Å². The molecule has 0 bridgehead atoms. The Morgan fingerprint density at radius 2 is 2.14 bits per heavy atom. The molecule has 0 fully saturated rings. The van der Waals surface area contributed by atoms with E-state index in [9.17, 15) is 10.1 Å². The molecule has 108 valence electrons.